The van der Waals surface area contributed by atoms with Gasteiger partial charge in [-0.25, -0.2) is 0 Å². The lowest BCUT2D eigenvalue weighted by Gasteiger charge is -2.11. The zero-order valence-corrected chi connectivity index (χ0v) is 11.6. The molecule has 1 rings (SSSR count). The minimum atomic E-state index is -0.456. The van der Waals surface area contributed by atoms with E-state index in [0.717, 1.165) is 12.1 Å². The lowest BCUT2D eigenvalue weighted by molar-refractivity contribution is 0.100. The Labute approximate surface area is 111 Å². The number of rotatable bonds is 6. The second-order valence-electron chi connectivity index (χ2n) is 3.85. The van der Waals surface area contributed by atoms with Gasteiger partial charge in [0.25, 0.3) is 0 Å². The summed E-state index contributed by atoms with van der Waals surface area (Å²) in [6.45, 7) is 3.79. The molecule has 0 spiro atoms. The Morgan fingerprint density at radius 3 is 2.82 bits per heavy atom. The highest BCUT2D eigenvalue weighted by Gasteiger charge is 2.06. The minimum Gasteiger partial charge on any atom is -0.366 e. The van der Waals surface area contributed by atoms with E-state index in [1.807, 2.05) is 17.8 Å². The molecule has 0 fully saturated rings. The quantitative estimate of drug-likeness (QED) is 0.835. The molecule has 0 saturated heterocycles. The normalized spacial score (nSPS) is 12.4. The fraction of sp³-hybridized carbons (Fsp3) is 0.417. The van der Waals surface area contributed by atoms with E-state index in [1.165, 1.54) is 0 Å². The van der Waals surface area contributed by atoms with Gasteiger partial charge in [-0.15, -0.1) is 0 Å². The van der Waals surface area contributed by atoms with Crippen molar-refractivity contribution in [3.8, 4) is 0 Å². The third-order valence-corrected chi connectivity index (χ3v) is 3.81. The van der Waals surface area contributed by atoms with Crippen LogP contribution in [-0.4, -0.2) is 24.0 Å². The Balaban J connectivity index is 2.57. The molecule has 1 aromatic rings. The zero-order valence-electron chi connectivity index (χ0n) is 10.00. The van der Waals surface area contributed by atoms with Gasteiger partial charge < -0.3 is 11.1 Å². The van der Waals surface area contributed by atoms with E-state index in [9.17, 15) is 4.79 Å². The van der Waals surface area contributed by atoms with Gasteiger partial charge in [-0.3, -0.25) is 4.79 Å². The molecular weight excluding hydrogens is 256 g/mol. The van der Waals surface area contributed by atoms with Crippen LogP contribution in [0.4, 0.5) is 0 Å². The van der Waals surface area contributed by atoms with Crippen molar-refractivity contribution < 1.29 is 4.79 Å². The number of carbonyl (C=O) groups is 1. The summed E-state index contributed by atoms with van der Waals surface area (Å²) in [5, 5.41) is 4.46. The first-order valence-corrected chi connectivity index (χ1v) is 7.03. The highest BCUT2D eigenvalue weighted by atomic mass is 35.5. The fourth-order valence-corrected chi connectivity index (χ4v) is 1.87. The van der Waals surface area contributed by atoms with Gasteiger partial charge in [0.05, 0.1) is 0 Å². The van der Waals surface area contributed by atoms with E-state index in [-0.39, 0.29) is 0 Å². The van der Waals surface area contributed by atoms with Crippen LogP contribution in [0.25, 0.3) is 0 Å². The Morgan fingerprint density at radius 2 is 2.29 bits per heavy atom. The minimum absolute atomic E-state index is 0.441. The lowest BCUT2D eigenvalue weighted by Crippen LogP contribution is -2.22. The van der Waals surface area contributed by atoms with Crippen molar-refractivity contribution in [2.45, 2.75) is 18.7 Å². The fourth-order valence-electron chi connectivity index (χ4n) is 1.34. The second-order valence-corrected chi connectivity index (χ2v) is 5.53. The third kappa shape index (κ3) is 4.58. The van der Waals surface area contributed by atoms with Crippen LogP contribution in [0.5, 0.6) is 0 Å². The molecule has 1 unspecified atom stereocenters. The average Bonchev–Trinajstić information content (AvgIpc) is 2.30. The molecule has 3 N–H and O–H groups in total. The molecule has 0 aliphatic carbocycles. The number of nitrogens with two attached hydrogens (primary N) is 1. The number of amides is 1. The van der Waals surface area contributed by atoms with Crippen molar-refractivity contribution >= 4 is 29.3 Å². The van der Waals surface area contributed by atoms with Gasteiger partial charge in [0.1, 0.15) is 0 Å². The van der Waals surface area contributed by atoms with Crippen LogP contribution in [-0.2, 0) is 6.54 Å². The molecule has 1 aromatic carbocycles. The van der Waals surface area contributed by atoms with Crippen molar-refractivity contribution in [2.75, 3.05) is 12.8 Å². The van der Waals surface area contributed by atoms with E-state index in [4.69, 9.17) is 17.3 Å². The van der Waals surface area contributed by atoms with E-state index < -0.39 is 5.91 Å². The summed E-state index contributed by atoms with van der Waals surface area (Å²) >= 11 is 7.88. The highest BCUT2D eigenvalue weighted by molar-refractivity contribution is 7.99. The van der Waals surface area contributed by atoms with Gasteiger partial charge >= 0.3 is 0 Å². The van der Waals surface area contributed by atoms with Crippen LogP contribution in [0.15, 0.2) is 18.2 Å². The molecule has 0 saturated carbocycles. The van der Waals surface area contributed by atoms with Crippen LogP contribution in [0, 0.1) is 0 Å². The Morgan fingerprint density at radius 1 is 1.59 bits per heavy atom. The standard InChI is InChI=1S/C12H17ClN2OS/c1-8(17-2)6-15-7-10-4-3-9(12(14)16)5-11(10)13/h3-5,8,15H,6-7H2,1-2H3,(H2,14,16). The number of nitrogens with one attached hydrogen (secondary N) is 1. The molecule has 0 aliphatic heterocycles. The Hall–Kier alpha value is -0.710. The molecule has 0 radical (unpaired) electrons. The van der Waals surface area contributed by atoms with E-state index in [0.29, 0.717) is 22.4 Å². The Kier molecular flexibility index (Phi) is 5.82. The maximum absolute atomic E-state index is 11.0. The maximum atomic E-state index is 11.0. The first-order valence-electron chi connectivity index (χ1n) is 5.36. The third-order valence-electron chi connectivity index (χ3n) is 2.49. The number of hydrogen-bond donors (Lipinski definition) is 2. The molecule has 1 atom stereocenters. The predicted molar refractivity (Wildman–Crippen MR) is 74.7 cm³/mol. The van der Waals surface area contributed by atoms with Crippen molar-refractivity contribution in [1.82, 2.24) is 5.32 Å². The first-order chi connectivity index (χ1) is 8.04. The number of thioether (sulfide) groups is 1. The summed E-state index contributed by atoms with van der Waals surface area (Å²) in [5.74, 6) is -0.456. The van der Waals surface area contributed by atoms with E-state index in [2.05, 4.69) is 18.5 Å². The molecule has 5 heteroatoms. The number of primary amides is 1. The summed E-state index contributed by atoms with van der Waals surface area (Å²) < 4.78 is 0. The van der Waals surface area contributed by atoms with E-state index in [1.54, 1.807) is 12.1 Å². The van der Waals surface area contributed by atoms with Crippen molar-refractivity contribution in [2.24, 2.45) is 5.73 Å². The number of halogens is 1. The van der Waals surface area contributed by atoms with Crippen molar-refractivity contribution in [3.63, 3.8) is 0 Å². The summed E-state index contributed by atoms with van der Waals surface area (Å²) in [5.41, 5.74) is 6.59. The Bertz CT molecular complexity index is 398. The SMILES string of the molecule is CSC(C)CNCc1ccc(C(N)=O)cc1Cl. The second kappa shape index (κ2) is 6.89. The van der Waals surface area contributed by atoms with Gasteiger partial charge in [0.15, 0.2) is 0 Å². The van der Waals surface area contributed by atoms with Crippen LogP contribution in [0.2, 0.25) is 5.02 Å². The lowest BCUT2D eigenvalue weighted by atomic mass is 10.1. The van der Waals surface area contributed by atoms with Gasteiger partial charge in [-0.2, -0.15) is 11.8 Å². The maximum Gasteiger partial charge on any atom is 0.248 e. The summed E-state index contributed by atoms with van der Waals surface area (Å²) in [4.78, 5) is 11.0. The molecule has 1 amide bonds. The molecule has 0 aromatic heterocycles. The summed E-state index contributed by atoms with van der Waals surface area (Å²) in [7, 11) is 0. The van der Waals surface area contributed by atoms with Gasteiger partial charge in [-0.1, -0.05) is 24.6 Å². The number of carbonyl (C=O) groups excluding carboxylic acids is 1. The molecular formula is C12H17ClN2OS. The summed E-state index contributed by atoms with van der Waals surface area (Å²) in [6.07, 6.45) is 2.08. The van der Waals surface area contributed by atoms with Crippen LogP contribution in [0.3, 0.4) is 0 Å². The predicted octanol–water partition coefficient (Wildman–Crippen LogP) is 2.28. The molecule has 0 bridgehead atoms. The summed E-state index contributed by atoms with van der Waals surface area (Å²) in [6, 6.07) is 5.14. The monoisotopic (exact) mass is 272 g/mol. The van der Waals surface area contributed by atoms with Gasteiger partial charge in [-0.05, 0) is 24.0 Å². The van der Waals surface area contributed by atoms with Crippen LogP contribution < -0.4 is 11.1 Å². The molecule has 17 heavy (non-hydrogen) atoms. The molecule has 0 heterocycles. The van der Waals surface area contributed by atoms with Crippen LogP contribution in [0.1, 0.15) is 22.8 Å². The van der Waals surface area contributed by atoms with Gasteiger partial charge in [0.2, 0.25) is 5.91 Å². The van der Waals surface area contributed by atoms with E-state index >= 15 is 0 Å². The molecule has 3 nitrogen and oxygen atoms in total. The number of hydrogen-bond acceptors (Lipinski definition) is 3. The van der Waals surface area contributed by atoms with Crippen molar-refractivity contribution in [1.29, 1.82) is 0 Å². The molecule has 0 aliphatic rings. The first kappa shape index (κ1) is 14.4. The van der Waals surface area contributed by atoms with Crippen molar-refractivity contribution in [3.05, 3.63) is 34.3 Å². The average molecular weight is 273 g/mol. The smallest absolute Gasteiger partial charge is 0.248 e. The zero-order chi connectivity index (χ0) is 12.8. The number of benzene rings is 1. The largest absolute Gasteiger partial charge is 0.366 e. The highest BCUT2D eigenvalue weighted by Crippen LogP contribution is 2.17. The van der Waals surface area contributed by atoms with Gasteiger partial charge in [0, 0.05) is 28.9 Å². The topological polar surface area (TPSA) is 55.1 Å². The molecule has 94 valence electrons. The van der Waals surface area contributed by atoms with Crippen LogP contribution >= 0.6 is 23.4 Å².